The average molecular weight is 239 g/mol. The van der Waals surface area contributed by atoms with E-state index in [0.29, 0.717) is 6.04 Å². The second kappa shape index (κ2) is 4.45. The number of pyridine rings is 1. The fourth-order valence-corrected chi connectivity index (χ4v) is 2.95. The normalized spacial score (nSPS) is 16.9. The highest BCUT2D eigenvalue weighted by atomic mass is 15.1. The highest BCUT2D eigenvalue weighted by Crippen LogP contribution is 2.32. The van der Waals surface area contributed by atoms with Gasteiger partial charge in [0, 0.05) is 23.3 Å². The summed E-state index contributed by atoms with van der Waals surface area (Å²) in [5, 5.41) is 10.2. The maximum atomic E-state index is 9.23. The van der Waals surface area contributed by atoms with Gasteiger partial charge >= 0.3 is 0 Å². The van der Waals surface area contributed by atoms with Gasteiger partial charge in [-0.2, -0.15) is 5.26 Å². The Bertz CT molecular complexity index is 612. The Morgan fingerprint density at radius 3 is 2.78 bits per heavy atom. The number of nitriles is 1. The summed E-state index contributed by atoms with van der Waals surface area (Å²) in [4.78, 5) is 4.63. The molecule has 0 spiro atoms. The number of aromatic nitrogens is 2. The lowest BCUT2D eigenvalue weighted by Crippen LogP contribution is -2.12. The molecule has 0 bridgehead atoms. The second-order valence-corrected chi connectivity index (χ2v) is 5.18. The molecule has 0 radical (unpaired) electrons. The van der Waals surface area contributed by atoms with Crippen molar-refractivity contribution < 1.29 is 0 Å². The van der Waals surface area contributed by atoms with Gasteiger partial charge in [0.05, 0.1) is 5.56 Å². The first-order valence-electron chi connectivity index (χ1n) is 6.68. The van der Waals surface area contributed by atoms with Crippen molar-refractivity contribution in [1.29, 1.82) is 5.26 Å². The summed E-state index contributed by atoms with van der Waals surface area (Å²) in [6.45, 7) is 2.00. The van der Waals surface area contributed by atoms with Gasteiger partial charge in [0.25, 0.3) is 0 Å². The van der Waals surface area contributed by atoms with E-state index in [2.05, 4.69) is 15.6 Å². The molecule has 0 N–H and O–H groups in total. The quantitative estimate of drug-likeness (QED) is 0.761. The van der Waals surface area contributed by atoms with Crippen LogP contribution in [-0.4, -0.2) is 9.55 Å². The van der Waals surface area contributed by atoms with Crippen LogP contribution in [0.1, 0.15) is 49.4 Å². The Morgan fingerprint density at radius 2 is 2.06 bits per heavy atom. The Labute approximate surface area is 107 Å². The Kier molecular flexibility index (Phi) is 2.79. The number of aryl methyl sites for hydroxylation is 1. The van der Waals surface area contributed by atoms with E-state index in [4.69, 9.17) is 0 Å². The van der Waals surface area contributed by atoms with Crippen molar-refractivity contribution in [2.24, 2.45) is 0 Å². The largest absolute Gasteiger partial charge is 0.328 e. The third kappa shape index (κ3) is 1.78. The molecule has 1 aliphatic carbocycles. The standard InChI is InChI=1S/C15H17N3/c1-11-7-8-14-12(9-16)10-18(15(14)17-11)13-5-3-2-4-6-13/h7-8,10,13H,2-6H2,1H3. The van der Waals surface area contributed by atoms with Crippen LogP contribution in [0, 0.1) is 18.3 Å². The van der Waals surface area contributed by atoms with Crippen molar-refractivity contribution in [3.63, 3.8) is 0 Å². The molecule has 3 nitrogen and oxygen atoms in total. The molecule has 1 saturated carbocycles. The van der Waals surface area contributed by atoms with E-state index < -0.39 is 0 Å². The van der Waals surface area contributed by atoms with Crippen LogP contribution in [0.5, 0.6) is 0 Å². The molecule has 18 heavy (non-hydrogen) atoms. The third-order valence-corrected chi connectivity index (χ3v) is 3.91. The smallest absolute Gasteiger partial charge is 0.141 e. The molecule has 0 atom stereocenters. The third-order valence-electron chi connectivity index (χ3n) is 3.91. The Balaban J connectivity index is 2.16. The predicted octanol–water partition coefficient (Wildman–Crippen LogP) is 3.72. The van der Waals surface area contributed by atoms with Gasteiger partial charge in [-0.15, -0.1) is 0 Å². The minimum absolute atomic E-state index is 0.526. The molecule has 3 heteroatoms. The van der Waals surface area contributed by atoms with E-state index in [1.54, 1.807) is 0 Å². The topological polar surface area (TPSA) is 41.6 Å². The predicted molar refractivity (Wildman–Crippen MR) is 71.3 cm³/mol. The van der Waals surface area contributed by atoms with E-state index in [1.807, 2.05) is 25.3 Å². The summed E-state index contributed by atoms with van der Waals surface area (Å²) in [7, 11) is 0. The first-order valence-corrected chi connectivity index (χ1v) is 6.68. The van der Waals surface area contributed by atoms with Gasteiger partial charge in [-0.3, -0.25) is 0 Å². The summed E-state index contributed by atoms with van der Waals surface area (Å²) in [6, 6.07) is 6.82. The van der Waals surface area contributed by atoms with Crippen LogP contribution in [0.3, 0.4) is 0 Å². The van der Waals surface area contributed by atoms with Gasteiger partial charge in [-0.1, -0.05) is 19.3 Å². The molecule has 0 saturated heterocycles. The monoisotopic (exact) mass is 239 g/mol. The molecular formula is C15H17N3. The number of rotatable bonds is 1. The maximum Gasteiger partial charge on any atom is 0.141 e. The van der Waals surface area contributed by atoms with Crippen LogP contribution in [0.2, 0.25) is 0 Å². The zero-order valence-electron chi connectivity index (χ0n) is 10.7. The molecule has 2 aromatic heterocycles. The fourth-order valence-electron chi connectivity index (χ4n) is 2.95. The lowest BCUT2D eigenvalue weighted by atomic mass is 9.95. The van der Waals surface area contributed by atoms with Gasteiger partial charge in [0.2, 0.25) is 0 Å². The molecule has 1 fully saturated rings. The van der Waals surface area contributed by atoms with Crippen LogP contribution >= 0.6 is 0 Å². The highest BCUT2D eigenvalue weighted by molar-refractivity contribution is 5.83. The van der Waals surface area contributed by atoms with Crippen LogP contribution in [0.4, 0.5) is 0 Å². The van der Waals surface area contributed by atoms with Gasteiger partial charge in [-0.25, -0.2) is 4.98 Å². The summed E-state index contributed by atoms with van der Waals surface area (Å²) < 4.78 is 2.24. The lowest BCUT2D eigenvalue weighted by molar-refractivity contribution is 0.359. The number of hydrogen-bond donors (Lipinski definition) is 0. The molecule has 0 aliphatic heterocycles. The van der Waals surface area contributed by atoms with E-state index >= 15 is 0 Å². The second-order valence-electron chi connectivity index (χ2n) is 5.18. The van der Waals surface area contributed by atoms with E-state index in [9.17, 15) is 5.26 Å². The van der Waals surface area contributed by atoms with Crippen LogP contribution in [0.15, 0.2) is 18.3 Å². The van der Waals surface area contributed by atoms with Crippen LogP contribution in [0.25, 0.3) is 11.0 Å². The van der Waals surface area contributed by atoms with Crippen molar-refractivity contribution in [3.05, 3.63) is 29.6 Å². The fraction of sp³-hybridized carbons (Fsp3) is 0.467. The summed E-state index contributed by atoms with van der Waals surface area (Å²) in [6.07, 6.45) is 8.34. The zero-order valence-corrected chi connectivity index (χ0v) is 10.7. The molecule has 2 aromatic rings. The average Bonchev–Trinajstić information content (AvgIpc) is 2.77. The number of fused-ring (bicyclic) bond motifs is 1. The van der Waals surface area contributed by atoms with Crippen molar-refractivity contribution >= 4 is 11.0 Å². The van der Waals surface area contributed by atoms with Crippen molar-refractivity contribution in [2.45, 2.75) is 45.1 Å². The highest BCUT2D eigenvalue weighted by Gasteiger charge is 2.19. The van der Waals surface area contributed by atoms with Crippen molar-refractivity contribution in [2.75, 3.05) is 0 Å². The molecule has 1 aliphatic rings. The van der Waals surface area contributed by atoms with Gasteiger partial charge in [0.1, 0.15) is 11.7 Å². The van der Waals surface area contributed by atoms with Crippen LogP contribution < -0.4 is 0 Å². The Hall–Kier alpha value is -1.82. The lowest BCUT2D eigenvalue weighted by Gasteiger charge is -2.23. The SMILES string of the molecule is Cc1ccc2c(C#N)cn(C3CCCCC3)c2n1. The van der Waals surface area contributed by atoms with Gasteiger partial charge in [-0.05, 0) is 31.9 Å². The zero-order chi connectivity index (χ0) is 12.5. The molecule has 0 aromatic carbocycles. The molecule has 0 unspecified atom stereocenters. The number of hydrogen-bond acceptors (Lipinski definition) is 2. The summed E-state index contributed by atoms with van der Waals surface area (Å²) >= 11 is 0. The summed E-state index contributed by atoms with van der Waals surface area (Å²) in [5.74, 6) is 0. The Morgan fingerprint density at radius 1 is 1.28 bits per heavy atom. The molecule has 3 rings (SSSR count). The van der Waals surface area contributed by atoms with Gasteiger partial charge in [0.15, 0.2) is 0 Å². The van der Waals surface area contributed by atoms with E-state index in [1.165, 1.54) is 32.1 Å². The molecule has 2 heterocycles. The maximum absolute atomic E-state index is 9.23. The van der Waals surface area contributed by atoms with Crippen molar-refractivity contribution in [3.8, 4) is 6.07 Å². The first-order chi connectivity index (χ1) is 8.79. The molecule has 92 valence electrons. The van der Waals surface area contributed by atoms with E-state index in [-0.39, 0.29) is 0 Å². The van der Waals surface area contributed by atoms with Crippen molar-refractivity contribution in [1.82, 2.24) is 9.55 Å². The minimum atomic E-state index is 0.526. The molecule has 0 amide bonds. The summed E-state index contributed by atoms with van der Waals surface area (Å²) in [5.41, 5.74) is 2.75. The number of nitrogens with zero attached hydrogens (tertiary/aromatic N) is 3. The minimum Gasteiger partial charge on any atom is -0.328 e. The van der Waals surface area contributed by atoms with E-state index in [0.717, 1.165) is 22.3 Å². The van der Waals surface area contributed by atoms with Crippen LogP contribution in [-0.2, 0) is 0 Å². The first kappa shape index (κ1) is 11.3. The molecular weight excluding hydrogens is 222 g/mol. The van der Waals surface area contributed by atoms with Gasteiger partial charge < -0.3 is 4.57 Å².